The summed E-state index contributed by atoms with van der Waals surface area (Å²) in [5, 5.41) is 3.14. The van der Waals surface area contributed by atoms with Crippen molar-refractivity contribution in [2.45, 2.75) is 44.6 Å². The van der Waals surface area contributed by atoms with Crippen molar-refractivity contribution >= 4 is 17.8 Å². The fraction of sp³-hybridized carbons (Fsp3) is 0.391. The Hall–Kier alpha value is -2.82. The molecule has 1 aromatic carbocycles. The molecule has 144 valence electrons. The van der Waals surface area contributed by atoms with Crippen LogP contribution in [0.2, 0.25) is 0 Å². The molecule has 2 fully saturated rings. The highest BCUT2D eigenvalue weighted by Gasteiger charge is 2.47. The third kappa shape index (κ3) is 3.75. The topological polar surface area (TPSA) is 72.0 Å². The monoisotopic (exact) mass is 375 g/mol. The van der Waals surface area contributed by atoms with E-state index in [4.69, 9.17) is 0 Å². The third-order valence-corrected chi connectivity index (χ3v) is 6.00. The number of carbonyl (C=O) groups is 2. The largest absolute Gasteiger partial charge is 0.352 e. The van der Waals surface area contributed by atoms with Crippen LogP contribution in [0.5, 0.6) is 0 Å². The summed E-state index contributed by atoms with van der Waals surface area (Å²) < 4.78 is 0. The van der Waals surface area contributed by atoms with Crippen LogP contribution in [0.25, 0.3) is 6.08 Å². The van der Waals surface area contributed by atoms with Crippen molar-refractivity contribution in [3.05, 3.63) is 65.8 Å². The average molecular weight is 375 g/mol. The Labute approximate surface area is 165 Å². The lowest BCUT2D eigenvalue weighted by molar-refractivity contribution is -0.137. The summed E-state index contributed by atoms with van der Waals surface area (Å²) >= 11 is 0. The highest BCUT2D eigenvalue weighted by Crippen LogP contribution is 2.44. The summed E-state index contributed by atoms with van der Waals surface area (Å²) in [6.45, 7) is 2.05. The van der Waals surface area contributed by atoms with Gasteiger partial charge in [0, 0.05) is 29.9 Å². The van der Waals surface area contributed by atoms with E-state index in [0.29, 0.717) is 5.92 Å². The van der Waals surface area contributed by atoms with E-state index in [1.54, 1.807) is 18.5 Å². The van der Waals surface area contributed by atoms with Crippen molar-refractivity contribution < 1.29 is 9.59 Å². The molecule has 28 heavy (non-hydrogen) atoms. The molecule has 1 N–H and O–H groups in total. The number of rotatable bonds is 4. The summed E-state index contributed by atoms with van der Waals surface area (Å²) in [7, 11) is 0. The van der Waals surface area contributed by atoms with Crippen LogP contribution in [-0.4, -0.2) is 27.7 Å². The minimum absolute atomic E-state index is 0.0804. The molecule has 4 atom stereocenters. The molecule has 2 aromatic rings. The molecule has 4 rings (SSSR count). The summed E-state index contributed by atoms with van der Waals surface area (Å²) in [5.41, 5.74) is 3.00. The minimum Gasteiger partial charge on any atom is -0.352 e. The first-order valence-electron chi connectivity index (χ1n) is 9.97. The van der Waals surface area contributed by atoms with E-state index in [2.05, 4.69) is 40.4 Å². The van der Waals surface area contributed by atoms with Crippen LogP contribution in [0, 0.1) is 18.8 Å². The van der Waals surface area contributed by atoms with Crippen LogP contribution in [-0.2, 0) is 9.59 Å². The van der Waals surface area contributed by atoms with Gasteiger partial charge in [-0.05, 0) is 43.4 Å². The van der Waals surface area contributed by atoms with Gasteiger partial charge < -0.3 is 5.32 Å². The van der Waals surface area contributed by atoms with Gasteiger partial charge in [-0.15, -0.1) is 0 Å². The van der Waals surface area contributed by atoms with Crippen LogP contribution in [0.4, 0.5) is 0 Å². The van der Waals surface area contributed by atoms with Crippen molar-refractivity contribution in [2.24, 2.45) is 11.8 Å². The van der Waals surface area contributed by atoms with Gasteiger partial charge in [-0.1, -0.05) is 42.7 Å². The second-order valence-electron chi connectivity index (χ2n) is 7.89. The molecule has 2 heterocycles. The van der Waals surface area contributed by atoms with Gasteiger partial charge in [-0.25, -0.2) is 9.97 Å². The lowest BCUT2D eigenvalue weighted by Gasteiger charge is -2.45. The van der Waals surface area contributed by atoms with Crippen molar-refractivity contribution in [1.29, 1.82) is 0 Å². The molecule has 1 aliphatic heterocycles. The van der Waals surface area contributed by atoms with E-state index in [9.17, 15) is 9.59 Å². The molecule has 2 aliphatic rings. The number of carbonyl (C=O) groups excluding carboxylic acids is 2. The first kappa shape index (κ1) is 18.5. The summed E-state index contributed by atoms with van der Waals surface area (Å²) in [4.78, 5) is 34.0. The number of hydrogen-bond acceptors (Lipinski definition) is 4. The molecule has 1 saturated heterocycles. The number of aryl methyl sites for hydroxylation is 1. The Bertz CT molecular complexity index is 894. The number of allylic oxidation sites excluding steroid dienone is 1. The highest BCUT2D eigenvalue weighted by molar-refractivity contribution is 6.09. The lowest BCUT2D eigenvalue weighted by Crippen LogP contribution is -2.56. The van der Waals surface area contributed by atoms with Crippen molar-refractivity contribution in [1.82, 2.24) is 15.3 Å². The van der Waals surface area contributed by atoms with E-state index < -0.39 is 5.92 Å². The smallest absolute Gasteiger partial charge is 0.231 e. The van der Waals surface area contributed by atoms with Gasteiger partial charge in [-0.3, -0.25) is 9.59 Å². The standard InChI is InChI=1S/C23H25N3O2/c1-15-5-4-6-17(11-15)21-18-7-2-3-8-19(18)26-23(28)22(21)20(27)10-9-16-12-24-14-25-13-16/h4-6,9-14,18-19,21-22H,2-3,7-8H2,1H3,(H,26,28)/b10-9+. The van der Waals surface area contributed by atoms with Gasteiger partial charge in [0.25, 0.3) is 0 Å². The SMILES string of the molecule is Cc1cccc(C2C(C(=O)/C=C/c3cncnc3)C(=O)NC3CCCCC32)c1. The maximum absolute atomic E-state index is 13.1. The molecule has 0 radical (unpaired) electrons. The summed E-state index contributed by atoms with van der Waals surface area (Å²) in [6.07, 6.45) is 12.3. The molecule has 0 bridgehead atoms. The Kier molecular flexibility index (Phi) is 5.33. The van der Waals surface area contributed by atoms with Crippen LogP contribution in [0.3, 0.4) is 0 Å². The van der Waals surface area contributed by atoms with Crippen LogP contribution < -0.4 is 5.32 Å². The predicted octanol–water partition coefficient (Wildman–Crippen LogP) is 3.46. The fourth-order valence-corrected chi connectivity index (χ4v) is 4.75. The molecule has 0 spiro atoms. The number of benzene rings is 1. The van der Waals surface area contributed by atoms with Gasteiger partial charge in [0.1, 0.15) is 12.2 Å². The number of nitrogens with one attached hydrogen (secondary N) is 1. The Morgan fingerprint density at radius 1 is 1.18 bits per heavy atom. The summed E-state index contributed by atoms with van der Waals surface area (Å²) in [6, 6.07) is 8.44. The van der Waals surface area contributed by atoms with Crippen LogP contribution in [0.15, 0.2) is 49.1 Å². The molecule has 5 heteroatoms. The van der Waals surface area contributed by atoms with E-state index in [1.807, 2.05) is 6.07 Å². The lowest BCUT2D eigenvalue weighted by atomic mass is 9.64. The zero-order chi connectivity index (χ0) is 19.5. The first-order chi connectivity index (χ1) is 13.6. The van der Waals surface area contributed by atoms with Crippen molar-refractivity contribution in [3.63, 3.8) is 0 Å². The molecule has 5 nitrogen and oxygen atoms in total. The van der Waals surface area contributed by atoms with Crippen molar-refractivity contribution in [3.8, 4) is 0 Å². The Balaban J connectivity index is 1.68. The first-order valence-corrected chi connectivity index (χ1v) is 9.97. The van der Waals surface area contributed by atoms with E-state index in [-0.39, 0.29) is 23.7 Å². The fourth-order valence-electron chi connectivity index (χ4n) is 4.75. The Morgan fingerprint density at radius 3 is 2.75 bits per heavy atom. The van der Waals surface area contributed by atoms with Gasteiger partial charge in [-0.2, -0.15) is 0 Å². The molecule has 1 saturated carbocycles. The summed E-state index contributed by atoms with van der Waals surface area (Å²) in [5.74, 6) is -0.772. The van der Waals surface area contributed by atoms with Gasteiger partial charge in [0.2, 0.25) is 5.91 Å². The molecule has 1 aromatic heterocycles. The van der Waals surface area contributed by atoms with Gasteiger partial charge in [0.05, 0.1) is 0 Å². The van der Waals surface area contributed by atoms with Crippen LogP contribution in [0.1, 0.15) is 48.3 Å². The minimum atomic E-state index is -0.693. The zero-order valence-corrected chi connectivity index (χ0v) is 16.0. The number of amides is 1. The van der Waals surface area contributed by atoms with Gasteiger partial charge >= 0.3 is 0 Å². The molecule has 1 aliphatic carbocycles. The van der Waals surface area contributed by atoms with E-state index in [1.165, 1.54) is 12.4 Å². The molecular formula is C23H25N3O2. The van der Waals surface area contributed by atoms with E-state index in [0.717, 1.165) is 42.4 Å². The van der Waals surface area contributed by atoms with Crippen molar-refractivity contribution in [2.75, 3.05) is 0 Å². The normalized spacial score (nSPS) is 27.2. The second kappa shape index (κ2) is 8.05. The van der Waals surface area contributed by atoms with E-state index >= 15 is 0 Å². The quantitative estimate of drug-likeness (QED) is 0.656. The highest BCUT2D eigenvalue weighted by atomic mass is 16.2. The molecule has 4 unspecified atom stereocenters. The number of piperidine rings is 1. The average Bonchev–Trinajstić information content (AvgIpc) is 2.71. The number of nitrogens with zero attached hydrogens (tertiary/aromatic N) is 2. The predicted molar refractivity (Wildman–Crippen MR) is 107 cm³/mol. The number of ketones is 1. The zero-order valence-electron chi connectivity index (χ0n) is 16.0. The maximum atomic E-state index is 13.1. The Morgan fingerprint density at radius 2 is 1.96 bits per heavy atom. The van der Waals surface area contributed by atoms with Crippen LogP contribution >= 0.6 is 0 Å². The molecular weight excluding hydrogens is 350 g/mol. The number of aromatic nitrogens is 2. The molecule has 1 amide bonds. The number of fused-ring (bicyclic) bond motifs is 1. The van der Waals surface area contributed by atoms with Gasteiger partial charge in [0.15, 0.2) is 5.78 Å². The second-order valence-corrected chi connectivity index (χ2v) is 7.89. The maximum Gasteiger partial charge on any atom is 0.231 e. The number of hydrogen-bond donors (Lipinski definition) is 1. The third-order valence-electron chi connectivity index (χ3n) is 6.00.